The van der Waals surface area contributed by atoms with Crippen LogP contribution in [0.1, 0.15) is 36.6 Å². The number of hydrazine groups is 1. The molecule has 0 aliphatic carbocycles. The lowest BCUT2D eigenvalue weighted by molar-refractivity contribution is 0.0614. The largest absolute Gasteiger partial charge is 0.465 e. The van der Waals surface area contributed by atoms with Gasteiger partial charge in [-0.1, -0.05) is 0 Å². The molecule has 7 nitrogen and oxygen atoms in total. The molecule has 2 aliphatic heterocycles. The number of nitrogen functional groups attached to an aromatic ring is 1. The van der Waals surface area contributed by atoms with Crippen molar-refractivity contribution in [3.63, 3.8) is 0 Å². The van der Waals surface area contributed by atoms with Gasteiger partial charge in [0.15, 0.2) is 5.82 Å². The lowest BCUT2D eigenvalue weighted by Crippen LogP contribution is -2.49. The van der Waals surface area contributed by atoms with Gasteiger partial charge in [0, 0.05) is 18.0 Å². The van der Waals surface area contributed by atoms with Gasteiger partial charge in [-0.3, -0.25) is 4.90 Å². The van der Waals surface area contributed by atoms with E-state index in [0.717, 1.165) is 30.5 Å². The first-order valence-corrected chi connectivity index (χ1v) is 6.05. The molecule has 96 valence electrons. The summed E-state index contributed by atoms with van der Waals surface area (Å²) in [6.45, 7) is 0. The molecule has 2 unspecified atom stereocenters. The van der Waals surface area contributed by atoms with Crippen LogP contribution in [0.3, 0.4) is 0 Å². The average molecular weight is 249 g/mol. The molecule has 1 saturated heterocycles. The zero-order valence-electron chi connectivity index (χ0n) is 9.83. The highest BCUT2D eigenvalue weighted by molar-refractivity contribution is 5.67. The van der Waals surface area contributed by atoms with E-state index in [1.54, 1.807) is 4.90 Å². The van der Waals surface area contributed by atoms with Crippen LogP contribution in [0.5, 0.6) is 0 Å². The number of nitrogens with zero attached hydrogens (tertiary/aromatic N) is 3. The van der Waals surface area contributed by atoms with Crippen LogP contribution in [-0.4, -0.2) is 32.3 Å². The summed E-state index contributed by atoms with van der Waals surface area (Å²) in [5.74, 6) is 5.80. The fourth-order valence-corrected chi connectivity index (χ4v) is 3.05. The molecular formula is C11H15N5O2. The van der Waals surface area contributed by atoms with Crippen LogP contribution >= 0.6 is 0 Å². The maximum absolute atomic E-state index is 11.4. The van der Waals surface area contributed by atoms with Crippen molar-refractivity contribution in [2.24, 2.45) is 5.84 Å². The Labute approximate surface area is 104 Å². The molecule has 3 heterocycles. The van der Waals surface area contributed by atoms with E-state index < -0.39 is 6.09 Å². The summed E-state index contributed by atoms with van der Waals surface area (Å²) < 4.78 is 0. The van der Waals surface area contributed by atoms with Crippen LogP contribution in [0.2, 0.25) is 0 Å². The molecule has 0 radical (unpaired) electrons. The SMILES string of the molecule is NNc1cc2c(nn1)CC1CCCC2N1C(=O)O. The Morgan fingerprint density at radius 3 is 3.06 bits per heavy atom. The maximum atomic E-state index is 11.4. The molecule has 3 rings (SSSR count). The Kier molecular flexibility index (Phi) is 2.55. The maximum Gasteiger partial charge on any atom is 0.408 e. The Hall–Kier alpha value is -1.89. The van der Waals surface area contributed by atoms with Gasteiger partial charge < -0.3 is 10.5 Å². The molecule has 1 amide bonds. The van der Waals surface area contributed by atoms with Crippen molar-refractivity contribution < 1.29 is 9.90 Å². The van der Waals surface area contributed by atoms with Crippen LogP contribution in [0.4, 0.5) is 10.6 Å². The molecule has 0 aromatic carbocycles. The lowest BCUT2D eigenvalue weighted by atomic mass is 9.83. The summed E-state index contributed by atoms with van der Waals surface area (Å²) >= 11 is 0. The van der Waals surface area contributed by atoms with Gasteiger partial charge in [0.2, 0.25) is 0 Å². The normalized spacial score (nSPS) is 25.5. The van der Waals surface area contributed by atoms with Crippen molar-refractivity contribution in [1.29, 1.82) is 0 Å². The summed E-state index contributed by atoms with van der Waals surface area (Å²) in [6, 6.07) is 1.75. The monoisotopic (exact) mass is 249 g/mol. The highest BCUT2D eigenvalue weighted by atomic mass is 16.4. The van der Waals surface area contributed by atoms with E-state index >= 15 is 0 Å². The molecule has 1 aromatic heterocycles. The molecule has 2 aliphatic rings. The van der Waals surface area contributed by atoms with Gasteiger partial charge in [0.1, 0.15) is 0 Å². The highest BCUT2D eigenvalue weighted by Gasteiger charge is 2.41. The van der Waals surface area contributed by atoms with Crippen molar-refractivity contribution in [2.75, 3.05) is 5.43 Å². The lowest BCUT2D eigenvalue weighted by Gasteiger charge is -2.44. The number of carboxylic acid groups (broad SMARTS) is 1. The van der Waals surface area contributed by atoms with Crippen molar-refractivity contribution in [3.05, 3.63) is 17.3 Å². The van der Waals surface area contributed by atoms with Crippen LogP contribution in [0, 0.1) is 0 Å². The van der Waals surface area contributed by atoms with Crippen LogP contribution in [-0.2, 0) is 6.42 Å². The van der Waals surface area contributed by atoms with E-state index in [4.69, 9.17) is 5.84 Å². The second-order valence-corrected chi connectivity index (χ2v) is 4.77. The van der Waals surface area contributed by atoms with E-state index in [9.17, 15) is 9.90 Å². The number of piperidine rings is 1. The summed E-state index contributed by atoms with van der Waals surface area (Å²) in [5.41, 5.74) is 4.30. The van der Waals surface area contributed by atoms with E-state index in [2.05, 4.69) is 15.6 Å². The van der Waals surface area contributed by atoms with Gasteiger partial charge >= 0.3 is 6.09 Å². The number of carbonyl (C=O) groups is 1. The van der Waals surface area contributed by atoms with E-state index in [1.165, 1.54) is 0 Å². The fourth-order valence-electron chi connectivity index (χ4n) is 3.05. The van der Waals surface area contributed by atoms with E-state index in [-0.39, 0.29) is 12.1 Å². The third-order valence-electron chi connectivity index (χ3n) is 3.80. The predicted molar refractivity (Wildman–Crippen MR) is 63.8 cm³/mol. The minimum absolute atomic E-state index is 0.0414. The number of amides is 1. The smallest absolute Gasteiger partial charge is 0.408 e. The van der Waals surface area contributed by atoms with Gasteiger partial charge in [0.25, 0.3) is 0 Å². The fraction of sp³-hybridized carbons (Fsp3) is 0.545. The standard InChI is InChI=1S/C11H15N5O2/c12-13-10-5-7-8(14-15-10)4-6-2-1-3-9(7)16(6)11(17)18/h5-6,9H,1-4,12H2,(H,13,15)(H,17,18). The van der Waals surface area contributed by atoms with Gasteiger partial charge in [0.05, 0.1) is 11.7 Å². The quantitative estimate of drug-likeness (QED) is 0.504. The minimum Gasteiger partial charge on any atom is -0.465 e. The number of hydrogen-bond donors (Lipinski definition) is 3. The van der Waals surface area contributed by atoms with Gasteiger partial charge in [-0.2, -0.15) is 5.10 Å². The molecule has 18 heavy (non-hydrogen) atoms. The first-order chi connectivity index (χ1) is 8.70. The molecule has 2 atom stereocenters. The summed E-state index contributed by atoms with van der Waals surface area (Å²) in [5, 5.41) is 17.5. The third kappa shape index (κ3) is 1.59. The van der Waals surface area contributed by atoms with Crippen LogP contribution < -0.4 is 11.3 Å². The zero-order valence-corrected chi connectivity index (χ0v) is 9.83. The van der Waals surface area contributed by atoms with Crippen LogP contribution in [0.15, 0.2) is 6.07 Å². The van der Waals surface area contributed by atoms with E-state index in [1.807, 2.05) is 6.07 Å². The Bertz CT molecular complexity index is 492. The predicted octanol–water partition coefficient (Wildman–Crippen LogP) is 0.892. The summed E-state index contributed by atoms with van der Waals surface area (Å²) in [7, 11) is 0. The number of fused-ring (bicyclic) bond motifs is 4. The first kappa shape index (κ1) is 11.2. The second-order valence-electron chi connectivity index (χ2n) is 4.77. The van der Waals surface area contributed by atoms with Crippen molar-refractivity contribution in [3.8, 4) is 0 Å². The zero-order chi connectivity index (χ0) is 12.7. The second kappa shape index (κ2) is 4.09. The Morgan fingerprint density at radius 2 is 2.33 bits per heavy atom. The highest BCUT2D eigenvalue weighted by Crippen LogP contribution is 2.41. The van der Waals surface area contributed by atoms with Gasteiger partial charge in [-0.05, 0) is 25.3 Å². The Balaban J connectivity index is 2.06. The molecule has 0 saturated carbocycles. The number of nitrogens with one attached hydrogen (secondary N) is 1. The number of rotatable bonds is 1. The van der Waals surface area contributed by atoms with Crippen molar-refractivity contribution in [2.45, 2.75) is 37.8 Å². The van der Waals surface area contributed by atoms with Crippen molar-refractivity contribution >= 4 is 11.9 Å². The van der Waals surface area contributed by atoms with Gasteiger partial charge in [-0.25, -0.2) is 10.6 Å². The molecule has 1 aromatic rings. The molecule has 4 N–H and O–H groups in total. The molecule has 7 heteroatoms. The van der Waals surface area contributed by atoms with E-state index in [0.29, 0.717) is 12.2 Å². The first-order valence-electron chi connectivity index (χ1n) is 6.05. The molecule has 2 bridgehead atoms. The molecule has 0 spiro atoms. The topological polar surface area (TPSA) is 104 Å². The van der Waals surface area contributed by atoms with Crippen molar-refractivity contribution in [1.82, 2.24) is 15.1 Å². The minimum atomic E-state index is -0.852. The third-order valence-corrected chi connectivity index (χ3v) is 3.80. The number of nitrogens with two attached hydrogens (primary N) is 1. The van der Waals surface area contributed by atoms with Crippen LogP contribution in [0.25, 0.3) is 0 Å². The Morgan fingerprint density at radius 1 is 1.50 bits per heavy atom. The molecule has 1 fully saturated rings. The summed E-state index contributed by atoms with van der Waals surface area (Å²) in [4.78, 5) is 12.9. The molecular weight excluding hydrogens is 234 g/mol. The van der Waals surface area contributed by atoms with Gasteiger partial charge in [-0.15, -0.1) is 5.10 Å². The number of aromatic nitrogens is 2. The number of anilines is 1. The summed E-state index contributed by atoms with van der Waals surface area (Å²) in [6.07, 6.45) is 2.59. The number of hydrogen-bond acceptors (Lipinski definition) is 5. The average Bonchev–Trinajstić information content (AvgIpc) is 2.37.